The molecule has 3 aromatic rings. The van der Waals surface area contributed by atoms with Crippen molar-refractivity contribution in [3.05, 3.63) is 107 Å². The van der Waals surface area contributed by atoms with Crippen molar-refractivity contribution in [2.24, 2.45) is 0 Å². The highest BCUT2D eigenvalue weighted by molar-refractivity contribution is 5.55. The van der Waals surface area contributed by atoms with E-state index in [2.05, 4.69) is 124 Å². The summed E-state index contributed by atoms with van der Waals surface area (Å²) in [5, 5.41) is 8.65. The first-order valence-electron chi connectivity index (χ1n) is 15.7. The van der Waals surface area contributed by atoms with Crippen LogP contribution >= 0.6 is 0 Å². The van der Waals surface area contributed by atoms with E-state index in [-0.39, 0.29) is 5.92 Å². The molecule has 0 spiro atoms. The van der Waals surface area contributed by atoms with Gasteiger partial charge in [0, 0.05) is 36.6 Å². The molecule has 0 saturated heterocycles. The smallest absolute Gasteiger partial charge is 0.123 e. The van der Waals surface area contributed by atoms with Crippen molar-refractivity contribution in [3.8, 4) is 11.8 Å². The summed E-state index contributed by atoms with van der Waals surface area (Å²) in [6.45, 7) is 12.2. The highest BCUT2D eigenvalue weighted by Gasteiger charge is 2.22. The third-order valence-corrected chi connectivity index (χ3v) is 7.67. The molecule has 3 rings (SSSR count). The van der Waals surface area contributed by atoms with Crippen molar-refractivity contribution in [3.63, 3.8) is 0 Å². The minimum atomic E-state index is 0.217. The zero-order valence-corrected chi connectivity index (χ0v) is 26.2. The molecule has 0 aromatic heterocycles. The second-order valence-corrected chi connectivity index (χ2v) is 11.5. The number of hydrogen-bond acceptors (Lipinski definition) is 4. The molecule has 1 atom stereocenters. The Bertz CT molecular complexity index is 1210. The number of unbranched alkanes of at least 4 members (excludes halogenated alkanes) is 3. The molecule has 42 heavy (non-hydrogen) atoms. The van der Waals surface area contributed by atoms with E-state index in [1.165, 1.54) is 22.3 Å². The number of nitrogens with zero attached hydrogens (tertiary/aromatic N) is 2. The molecule has 3 aromatic carbocycles. The van der Waals surface area contributed by atoms with Gasteiger partial charge >= 0.3 is 0 Å². The Balaban J connectivity index is 1.79. The molecule has 0 N–H and O–H groups in total. The maximum absolute atomic E-state index is 8.65. The number of benzene rings is 3. The Morgan fingerprint density at radius 3 is 2.24 bits per heavy atom. The van der Waals surface area contributed by atoms with Crippen LogP contribution in [0.5, 0.6) is 5.75 Å². The number of nitriles is 1. The molecule has 0 fully saturated rings. The normalized spacial score (nSPS) is 12.3. The lowest BCUT2D eigenvalue weighted by atomic mass is 9.86. The highest BCUT2D eigenvalue weighted by Crippen LogP contribution is 2.36. The SMILES string of the molecule is CC(C)N(CC[C@H](c1ccccc1)c1cc(C=CCCOCCCCCC#N)ccc1OCc1ccccc1)C(C)C. The van der Waals surface area contributed by atoms with Gasteiger partial charge in [0.1, 0.15) is 12.4 Å². The van der Waals surface area contributed by atoms with Gasteiger partial charge in [-0.15, -0.1) is 0 Å². The second-order valence-electron chi connectivity index (χ2n) is 11.5. The van der Waals surface area contributed by atoms with Gasteiger partial charge < -0.3 is 9.47 Å². The predicted molar refractivity (Wildman–Crippen MR) is 176 cm³/mol. The summed E-state index contributed by atoms with van der Waals surface area (Å²) in [7, 11) is 0. The minimum absolute atomic E-state index is 0.217. The van der Waals surface area contributed by atoms with E-state index < -0.39 is 0 Å². The molecule has 224 valence electrons. The van der Waals surface area contributed by atoms with E-state index in [0.717, 1.165) is 51.0 Å². The molecule has 0 heterocycles. The van der Waals surface area contributed by atoms with Crippen LogP contribution in [0.4, 0.5) is 0 Å². The van der Waals surface area contributed by atoms with Gasteiger partial charge in [-0.25, -0.2) is 0 Å². The van der Waals surface area contributed by atoms with E-state index in [0.29, 0.717) is 31.7 Å². The van der Waals surface area contributed by atoms with Crippen LogP contribution in [-0.2, 0) is 11.3 Å². The van der Waals surface area contributed by atoms with Crippen LogP contribution in [0.25, 0.3) is 6.08 Å². The lowest BCUT2D eigenvalue weighted by Crippen LogP contribution is -2.38. The Morgan fingerprint density at radius 2 is 1.55 bits per heavy atom. The van der Waals surface area contributed by atoms with Crippen LogP contribution in [0.2, 0.25) is 0 Å². The minimum Gasteiger partial charge on any atom is -0.489 e. The van der Waals surface area contributed by atoms with E-state index in [1.807, 2.05) is 6.07 Å². The zero-order valence-electron chi connectivity index (χ0n) is 26.2. The Morgan fingerprint density at radius 1 is 0.833 bits per heavy atom. The van der Waals surface area contributed by atoms with E-state index in [4.69, 9.17) is 14.7 Å². The fraction of sp³-hybridized carbons (Fsp3) is 0.447. The summed E-state index contributed by atoms with van der Waals surface area (Å²) in [5.74, 6) is 1.17. The number of hydrogen-bond donors (Lipinski definition) is 0. The molecule has 0 amide bonds. The second kappa shape index (κ2) is 18.9. The third kappa shape index (κ3) is 11.5. The lowest BCUT2D eigenvalue weighted by molar-refractivity contribution is 0.134. The molecule has 4 nitrogen and oxygen atoms in total. The summed E-state index contributed by atoms with van der Waals surface area (Å²) < 4.78 is 12.3. The monoisotopic (exact) mass is 566 g/mol. The Kier molecular flexibility index (Phi) is 14.9. The molecule has 0 bridgehead atoms. The van der Waals surface area contributed by atoms with Gasteiger partial charge in [0.15, 0.2) is 0 Å². The van der Waals surface area contributed by atoms with Crippen LogP contribution in [-0.4, -0.2) is 36.7 Å². The van der Waals surface area contributed by atoms with Gasteiger partial charge in [0.2, 0.25) is 0 Å². The first-order valence-corrected chi connectivity index (χ1v) is 15.7. The van der Waals surface area contributed by atoms with Gasteiger partial charge in [-0.3, -0.25) is 4.90 Å². The molecule has 4 heteroatoms. The molecular weight excluding hydrogens is 516 g/mol. The first-order chi connectivity index (χ1) is 20.5. The fourth-order valence-electron chi connectivity index (χ4n) is 5.45. The standard InChI is InChI=1S/C38H50N2O2/c1-31(2)40(32(3)4)26-24-36(35-20-11-8-12-21-35)37-29-33(17-13-16-28-41-27-15-6-5-14-25-39)22-23-38(37)42-30-34-18-9-7-10-19-34/h7-13,17-23,29,31-32,36H,5-6,14-16,24,26-28,30H2,1-4H3/t36-/m1/s1. The van der Waals surface area contributed by atoms with E-state index >= 15 is 0 Å². The first kappa shape index (κ1) is 33.1. The fourth-order valence-corrected chi connectivity index (χ4v) is 5.45. The van der Waals surface area contributed by atoms with Gasteiger partial charge in [-0.1, -0.05) is 85.3 Å². The molecule has 0 radical (unpaired) electrons. The van der Waals surface area contributed by atoms with Crippen molar-refractivity contribution in [2.45, 2.75) is 90.8 Å². The van der Waals surface area contributed by atoms with Gasteiger partial charge in [-0.05, 0) is 88.7 Å². The maximum Gasteiger partial charge on any atom is 0.123 e. The van der Waals surface area contributed by atoms with Crippen molar-refractivity contribution in [1.29, 1.82) is 5.26 Å². The average Bonchev–Trinajstić information content (AvgIpc) is 3.00. The van der Waals surface area contributed by atoms with Crippen molar-refractivity contribution >= 4 is 6.08 Å². The third-order valence-electron chi connectivity index (χ3n) is 7.67. The largest absolute Gasteiger partial charge is 0.489 e. The molecule has 0 aliphatic heterocycles. The van der Waals surface area contributed by atoms with E-state index in [1.54, 1.807) is 0 Å². The van der Waals surface area contributed by atoms with Crippen LogP contribution in [0.3, 0.4) is 0 Å². The molecule has 0 aliphatic carbocycles. The van der Waals surface area contributed by atoms with Crippen LogP contribution in [0.1, 0.15) is 94.4 Å². The average molecular weight is 567 g/mol. The quantitative estimate of drug-likeness (QED) is 0.136. The van der Waals surface area contributed by atoms with Crippen LogP contribution in [0.15, 0.2) is 84.9 Å². The summed E-state index contributed by atoms with van der Waals surface area (Å²) in [6.07, 6.45) is 9.97. The van der Waals surface area contributed by atoms with Gasteiger partial charge in [-0.2, -0.15) is 5.26 Å². The summed E-state index contributed by atoms with van der Waals surface area (Å²) in [5.41, 5.74) is 4.90. The molecular formula is C38H50N2O2. The number of rotatable bonds is 19. The summed E-state index contributed by atoms with van der Waals surface area (Å²) in [4.78, 5) is 2.58. The summed E-state index contributed by atoms with van der Waals surface area (Å²) >= 11 is 0. The zero-order chi connectivity index (χ0) is 30.0. The van der Waals surface area contributed by atoms with Gasteiger partial charge in [0.05, 0.1) is 12.7 Å². The maximum atomic E-state index is 8.65. The Labute approximate surface area is 255 Å². The summed E-state index contributed by atoms with van der Waals surface area (Å²) in [6, 6.07) is 31.1. The van der Waals surface area contributed by atoms with Crippen molar-refractivity contribution in [1.82, 2.24) is 4.90 Å². The van der Waals surface area contributed by atoms with E-state index in [9.17, 15) is 0 Å². The van der Waals surface area contributed by atoms with Crippen molar-refractivity contribution < 1.29 is 9.47 Å². The van der Waals surface area contributed by atoms with Crippen LogP contribution in [0, 0.1) is 11.3 Å². The molecule has 0 unspecified atom stereocenters. The predicted octanol–water partition coefficient (Wildman–Crippen LogP) is 9.41. The molecule has 0 aliphatic rings. The van der Waals surface area contributed by atoms with Gasteiger partial charge in [0.25, 0.3) is 0 Å². The number of ether oxygens (including phenoxy) is 2. The Hall–Kier alpha value is -3.39. The lowest BCUT2D eigenvalue weighted by Gasteiger charge is -2.32. The molecule has 0 saturated carbocycles. The topological polar surface area (TPSA) is 45.5 Å². The van der Waals surface area contributed by atoms with Crippen molar-refractivity contribution in [2.75, 3.05) is 19.8 Å². The highest BCUT2D eigenvalue weighted by atomic mass is 16.5. The van der Waals surface area contributed by atoms with Crippen LogP contribution < -0.4 is 4.74 Å².